The van der Waals surface area contributed by atoms with E-state index in [4.69, 9.17) is 11.6 Å². The lowest BCUT2D eigenvalue weighted by Crippen LogP contribution is -2.30. The minimum Gasteiger partial charge on any atom is -0.316 e. The van der Waals surface area contributed by atoms with Gasteiger partial charge in [0.05, 0.1) is 5.02 Å². The van der Waals surface area contributed by atoms with E-state index in [0.29, 0.717) is 6.42 Å². The van der Waals surface area contributed by atoms with E-state index >= 15 is 0 Å². The summed E-state index contributed by atoms with van der Waals surface area (Å²) in [6.45, 7) is 0. The van der Waals surface area contributed by atoms with Crippen molar-refractivity contribution in [3.63, 3.8) is 0 Å². The van der Waals surface area contributed by atoms with Gasteiger partial charge < -0.3 is 5.32 Å². The van der Waals surface area contributed by atoms with Crippen molar-refractivity contribution in [1.82, 2.24) is 5.32 Å². The smallest absolute Gasteiger partial charge is 0.142 e. The molecule has 5 heteroatoms. The SMILES string of the molecule is CNC(CSc1ccccc1Br)Cc1cccc(F)c1Cl. The van der Waals surface area contributed by atoms with Gasteiger partial charge in [0, 0.05) is 21.2 Å². The van der Waals surface area contributed by atoms with E-state index in [1.807, 2.05) is 31.3 Å². The van der Waals surface area contributed by atoms with Crippen molar-refractivity contribution >= 4 is 39.3 Å². The summed E-state index contributed by atoms with van der Waals surface area (Å²) in [5.41, 5.74) is 0.837. The molecule has 1 N–H and O–H groups in total. The molecule has 0 heterocycles. The molecule has 1 unspecified atom stereocenters. The van der Waals surface area contributed by atoms with Crippen LogP contribution in [0.3, 0.4) is 0 Å². The van der Waals surface area contributed by atoms with E-state index in [0.717, 1.165) is 15.8 Å². The largest absolute Gasteiger partial charge is 0.316 e. The summed E-state index contributed by atoms with van der Waals surface area (Å²) >= 11 is 11.3. The normalized spacial score (nSPS) is 12.4. The molecule has 0 fully saturated rings. The van der Waals surface area contributed by atoms with Crippen LogP contribution in [-0.4, -0.2) is 18.8 Å². The maximum absolute atomic E-state index is 13.5. The van der Waals surface area contributed by atoms with E-state index in [2.05, 4.69) is 27.3 Å². The van der Waals surface area contributed by atoms with Crippen LogP contribution in [0.15, 0.2) is 51.8 Å². The van der Waals surface area contributed by atoms with E-state index in [1.54, 1.807) is 17.8 Å². The number of hydrogen-bond acceptors (Lipinski definition) is 2. The molecule has 0 saturated heterocycles. The van der Waals surface area contributed by atoms with Crippen LogP contribution in [0.25, 0.3) is 0 Å². The van der Waals surface area contributed by atoms with Crippen molar-refractivity contribution in [1.29, 1.82) is 0 Å². The Kier molecular flexibility index (Phi) is 6.55. The van der Waals surface area contributed by atoms with Gasteiger partial charge in [0.25, 0.3) is 0 Å². The van der Waals surface area contributed by atoms with Gasteiger partial charge in [0.15, 0.2) is 0 Å². The minimum absolute atomic E-state index is 0.224. The molecule has 2 rings (SSSR count). The van der Waals surface area contributed by atoms with Crippen molar-refractivity contribution in [2.75, 3.05) is 12.8 Å². The van der Waals surface area contributed by atoms with Crippen LogP contribution in [-0.2, 0) is 6.42 Å². The fourth-order valence-electron chi connectivity index (χ4n) is 1.97. The van der Waals surface area contributed by atoms with E-state index in [-0.39, 0.29) is 16.9 Å². The Morgan fingerprint density at radius 2 is 2.00 bits per heavy atom. The third-order valence-corrected chi connectivity index (χ3v) is 5.80. The Labute approximate surface area is 142 Å². The second-order valence-corrected chi connectivity index (χ2v) is 6.94. The van der Waals surface area contributed by atoms with E-state index in [9.17, 15) is 4.39 Å². The zero-order valence-electron chi connectivity index (χ0n) is 11.6. The van der Waals surface area contributed by atoms with Gasteiger partial charge in [0.2, 0.25) is 0 Å². The number of likely N-dealkylation sites (N-methyl/N-ethyl adjacent to an activating group) is 1. The number of nitrogens with one attached hydrogen (secondary N) is 1. The second-order valence-electron chi connectivity index (χ2n) is 4.64. The van der Waals surface area contributed by atoms with Gasteiger partial charge in [0.1, 0.15) is 5.82 Å². The average molecular weight is 389 g/mol. The van der Waals surface area contributed by atoms with E-state index in [1.165, 1.54) is 11.0 Å². The number of hydrogen-bond donors (Lipinski definition) is 1. The molecule has 0 bridgehead atoms. The molecule has 1 nitrogen and oxygen atoms in total. The molecule has 0 aliphatic carbocycles. The summed E-state index contributed by atoms with van der Waals surface area (Å²) in [4.78, 5) is 1.20. The molecule has 0 radical (unpaired) electrons. The zero-order chi connectivity index (χ0) is 15.2. The molecule has 0 aliphatic rings. The molecular weight excluding hydrogens is 373 g/mol. The van der Waals surface area contributed by atoms with Gasteiger partial charge in [-0.15, -0.1) is 11.8 Å². The summed E-state index contributed by atoms with van der Waals surface area (Å²) in [7, 11) is 1.92. The molecule has 0 spiro atoms. The number of halogens is 3. The highest BCUT2D eigenvalue weighted by Gasteiger charge is 2.13. The lowest BCUT2D eigenvalue weighted by Gasteiger charge is -2.17. The third-order valence-electron chi connectivity index (χ3n) is 3.18. The molecule has 0 amide bonds. The molecular formula is C16H16BrClFNS. The van der Waals surface area contributed by atoms with Crippen molar-refractivity contribution in [2.45, 2.75) is 17.4 Å². The molecule has 0 aromatic heterocycles. The maximum Gasteiger partial charge on any atom is 0.142 e. The predicted molar refractivity (Wildman–Crippen MR) is 92.8 cm³/mol. The highest BCUT2D eigenvalue weighted by atomic mass is 79.9. The topological polar surface area (TPSA) is 12.0 Å². The first kappa shape index (κ1) is 16.8. The number of thioether (sulfide) groups is 1. The van der Waals surface area contributed by atoms with Crippen molar-refractivity contribution in [3.05, 3.63) is 63.3 Å². The van der Waals surface area contributed by atoms with Gasteiger partial charge in [-0.25, -0.2) is 4.39 Å². The van der Waals surface area contributed by atoms with Gasteiger partial charge >= 0.3 is 0 Å². The van der Waals surface area contributed by atoms with Crippen LogP contribution in [0.2, 0.25) is 5.02 Å². The first-order chi connectivity index (χ1) is 10.1. The summed E-state index contributed by atoms with van der Waals surface area (Å²) < 4.78 is 14.6. The Morgan fingerprint density at radius 3 is 2.71 bits per heavy atom. The number of rotatable bonds is 6. The molecule has 2 aromatic rings. The minimum atomic E-state index is -0.359. The summed E-state index contributed by atoms with van der Waals surface area (Å²) in [6, 6.07) is 13.3. The fraction of sp³-hybridized carbons (Fsp3) is 0.250. The molecule has 2 aromatic carbocycles. The molecule has 0 aliphatic heterocycles. The van der Waals surface area contributed by atoms with Crippen molar-refractivity contribution < 1.29 is 4.39 Å². The van der Waals surface area contributed by atoms with Crippen molar-refractivity contribution in [3.8, 4) is 0 Å². The lowest BCUT2D eigenvalue weighted by atomic mass is 10.1. The van der Waals surface area contributed by atoms with Crippen LogP contribution >= 0.6 is 39.3 Å². The third kappa shape index (κ3) is 4.71. The van der Waals surface area contributed by atoms with Crippen molar-refractivity contribution in [2.24, 2.45) is 0 Å². The molecule has 1 atom stereocenters. The quantitative estimate of drug-likeness (QED) is 0.686. The van der Waals surface area contributed by atoms with Gasteiger partial charge in [-0.1, -0.05) is 35.9 Å². The average Bonchev–Trinajstić information content (AvgIpc) is 2.49. The number of benzene rings is 2. The highest BCUT2D eigenvalue weighted by molar-refractivity contribution is 9.10. The Bertz CT molecular complexity index is 609. The molecule has 21 heavy (non-hydrogen) atoms. The van der Waals surface area contributed by atoms with Crippen LogP contribution < -0.4 is 5.32 Å². The van der Waals surface area contributed by atoms with Crippen LogP contribution in [0, 0.1) is 5.82 Å². The molecule has 0 saturated carbocycles. The Morgan fingerprint density at radius 1 is 1.24 bits per heavy atom. The summed E-state index contributed by atoms with van der Waals surface area (Å²) in [5.74, 6) is 0.522. The first-order valence-corrected chi connectivity index (χ1v) is 8.75. The first-order valence-electron chi connectivity index (χ1n) is 6.59. The van der Waals surface area contributed by atoms with Crippen LogP contribution in [0.5, 0.6) is 0 Å². The predicted octanol–water partition coefficient (Wildman–Crippen LogP) is 5.16. The molecule has 112 valence electrons. The lowest BCUT2D eigenvalue weighted by molar-refractivity contribution is 0.603. The van der Waals surface area contributed by atoms with Crippen LogP contribution in [0.4, 0.5) is 4.39 Å². The Balaban J connectivity index is 2.01. The monoisotopic (exact) mass is 387 g/mol. The van der Waals surface area contributed by atoms with Gasteiger partial charge in [-0.2, -0.15) is 0 Å². The summed E-state index contributed by atoms with van der Waals surface area (Å²) in [5, 5.41) is 3.50. The fourth-order valence-corrected chi connectivity index (χ4v) is 3.85. The van der Waals surface area contributed by atoms with Gasteiger partial charge in [-0.05, 0) is 53.2 Å². The summed E-state index contributed by atoms with van der Waals surface area (Å²) in [6.07, 6.45) is 0.699. The van der Waals surface area contributed by atoms with Gasteiger partial charge in [-0.3, -0.25) is 0 Å². The Hall–Kier alpha value is -0.550. The highest BCUT2D eigenvalue weighted by Crippen LogP contribution is 2.28. The van der Waals surface area contributed by atoms with E-state index < -0.39 is 0 Å². The zero-order valence-corrected chi connectivity index (χ0v) is 14.7. The second kappa shape index (κ2) is 8.18. The standard InChI is InChI=1S/C16H16BrClFNS/c1-20-12(9-11-5-4-7-14(19)16(11)18)10-21-15-8-3-2-6-13(15)17/h2-8,12,20H,9-10H2,1H3. The maximum atomic E-state index is 13.5. The van der Waals surface area contributed by atoms with Crippen LogP contribution in [0.1, 0.15) is 5.56 Å².